The molecule has 2 aliphatic rings. The van der Waals surface area contributed by atoms with Gasteiger partial charge in [-0.3, -0.25) is 9.58 Å². The summed E-state index contributed by atoms with van der Waals surface area (Å²) in [5, 5.41) is 7.59. The van der Waals surface area contributed by atoms with E-state index in [4.69, 9.17) is 0 Å². The quantitative estimate of drug-likeness (QED) is 0.929. The first-order valence-corrected chi connectivity index (χ1v) is 9.11. The smallest absolute Gasteiger partial charge is 0.317 e. The third-order valence-corrected chi connectivity index (χ3v) is 5.08. The number of urea groups is 1. The molecule has 3 heterocycles. The molecule has 1 atom stereocenters. The molecule has 1 aromatic heterocycles. The van der Waals surface area contributed by atoms with Crippen LogP contribution in [0, 0.1) is 0 Å². The summed E-state index contributed by atoms with van der Waals surface area (Å²) in [6, 6.07) is 12.8. The number of carbonyl (C=O) groups is 1. The van der Waals surface area contributed by atoms with Crippen molar-refractivity contribution in [3.05, 3.63) is 53.9 Å². The van der Waals surface area contributed by atoms with Gasteiger partial charge in [-0.25, -0.2) is 4.79 Å². The molecule has 0 bridgehead atoms. The molecule has 1 saturated heterocycles. The number of nitrogens with zero attached hydrogens (tertiary/aromatic N) is 4. The third-order valence-electron chi connectivity index (χ3n) is 5.08. The van der Waals surface area contributed by atoms with Crippen molar-refractivity contribution in [2.24, 2.45) is 0 Å². The van der Waals surface area contributed by atoms with Crippen LogP contribution >= 0.6 is 0 Å². The molecule has 4 rings (SSSR count). The highest BCUT2D eigenvalue weighted by Crippen LogP contribution is 2.21. The van der Waals surface area contributed by atoms with E-state index >= 15 is 0 Å². The van der Waals surface area contributed by atoms with Crippen LogP contribution < -0.4 is 5.32 Å². The van der Waals surface area contributed by atoms with Gasteiger partial charge < -0.3 is 10.2 Å². The topological polar surface area (TPSA) is 53.4 Å². The Kier molecular flexibility index (Phi) is 4.70. The second-order valence-electron chi connectivity index (χ2n) is 6.96. The number of nitrogens with one attached hydrogen (secondary N) is 1. The number of rotatable bonds is 4. The summed E-state index contributed by atoms with van der Waals surface area (Å²) in [5.41, 5.74) is 2.53. The van der Waals surface area contributed by atoms with Gasteiger partial charge in [-0.15, -0.1) is 0 Å². The van der Waals surface area contributed by atoms with Gasteiger partial charge in [-0.2, -0.15) is 5.10 Å². The van der Waals surface area contributed by atoms with Gasteiger partial charge in [-0.1, -0.05) is 30.3 Å². The van der Waals surface area contributed by atoms with Crippen molar-refractivity contribution in [1.29, 1.82) is 0 Å². The number of amides is 2. The van der Waals surface area contributed by atoms with Crippen LogP contribution in [0.1, 0.15) is 30.1 Å². The lowest BCUT2D eigenvalue weighted by molar-refractivity contribution is 0.161. The van der Waals surface area contributed by atoms with Gasteiger partial charge in [0.05, 0.1) is 11.7 Å². The molecular weight excluding hydrogens is 314 g/mol. The fourth-order valence-electron chi connectivity index (χ4n) is 3.81. The Balaban J connectivity index is 1.41. The maximum absolute atomic E-state index is 12.3. The Hall–Kier alpha value is -2.34. The lowest BCUT2D eigenvalue weighted by atomic mass is 10.1. The van der Waals surface area contributed by atoms with E-state index < -0.39 is 0 Å². The van der Waals surface area contributed by atoms with E-state index in [1.807, 2.05) is 17.2 Å². The second-order valence-corrected chi connectivity index (χ2v) is 6.96. The van der Waals surface area contributed by atoms with E-state index in [9.17, 15) is 4.79 Å². The van der Waals surface area contributed by atoms with Crippen molar-refractivity contribution in [1.82, 2.24) is 24.9 Å². The van der Waals surface area contributed by atoms with Crippen LogP contribution in [0.5, 0.6) is 0 Å². The highest BCUT2D eigenvalue weighted by atomic mass is 16.2. The lowest BCUT2D eigenvalue weighted by Crippen LogP contribution is -2.45. The Morgan fingerprint density at radius 1 is 1.16 bits per heavy atom. The zero-order valence-electron chi connectivity index (χ0n) is 14.5. The van der Waals surface area contributed by atoms with Gasteiger partial charge in [0.25, 0.3) is 0 Å². The maximum atomic E-state index is 12.3. The van der Waals surface area contributed by atoms with E-state index in [1.54, 1.807) is 0 Å². The fraction of sp³-hybridized carbons (Fsp3) is 0.474. The summed E-state index contributed by atoms with van der Waals surface area (Å²) >= 11 is 0. The van der Waals surface area contributed by atoms with Crippen LogP contribution in [-0.2, 0) is 13.1 Å². The predicted octanol–water partition coefficient (Wildman–Crippen LogP) is 2.25. The van der Waals surface area contributed by atoms with Crippen LogP contribution in [0.4, 0.5) is 4.79 Å². The molecule has 6 heteroatoms. The molecule has 0 spiro atoms. The van der Waals surface area contributed by atoms with Crippen LogP contribution in [0.15, 0.2) is 42.6 Å². The van der Waals surface area contributed by atoms with E-state index in [0.29, 0.717) is 6.54 Å². The van der Waals surface area contributed by atoms with Crippen molar-refractivity contribution in [3.63, 3.8) is 0 Å². The summed E-state index contributed by atoms with van der Waals surface area (Å²) in [5.74, 6) is 0. The second kappa shape index (κ2) is 7.27. The number of benzene rings is 1. The minimum absolute atomic E-state index is 0.0615. The molecule has 1 aromatic carbocycles. The number of carbonyl (C=O) groups excluding carboxylic acids is 1. The molecule has 0 aliphatic carbocycles. The Labute approximate surface area is 148 Å². The van der Waals surface area contributed by atoms with Crippen LogP contribution in [-0.4, -0.2) is 51.8 Å². The van der Waals surface area contributed by atoms with Gasteiger partial charge >= 0.3 is 6.03 Å². The molecule has 1 N–H and O–H groups in total. The summed E-state index contributed by atoms with van der Waals surface area (Å²) < 4.78 is 2.08. The molecule has 2 aromatic rings. The average molecular weight is 339 g/mol. The molecule has 0 unspecified atom stereocenters. The summed E-state index contributed by atoms with van der Waals surface area (Å²) in [6.45, 7) is 5.08. The first kappa shape index (κ1) is 16.1. The predicted molar refractivity (Wildman–Crippen MR) is 96.0 cm³/mol. The molecule has 2 amide bonds. The van der Waals surface area contributed by atoms with E-state index in [0.717, 1.165) is 45.6 Å². The highest BCUT2D eigenvalue weighted by molar-refractivity contribution is 5.74. The standard InChI is InChI=1S/C19H25N5O/c25-19(23-10-4-5-11-23)20-12-18-15-22(13-16-6-2-1-3-7-16)14-17-8-9-21-24(17)18/h1-3,6-9,18H,4-5,10-15H2,(H,20,25)/t18-/m0/s1. The van der Waals surface area contributed by atoms with Crippen LogP contribution in [0.25, 0.3) is 0 Å². The van der Waals surface area contributed by atoms with Gasteiger partial charge in [0.1, 0.15) is 0 Å². The zero-order valence-corrected chi connectivity index (χ0v) is 14.5. The first-order valence-electron chi connectivity index (χ1n) is 9.11. The number of likely N-dealkylation sites (tertiary alicyclic amines) is 1. The zero-order chi connectivity index (χ0) is 17.1. The van der Waals surface area contributed by atoms with Gasteiger partial charge in [0.2, 0.25) is 0 Å². The highest BCUT2D eigenvalue weighted by Gasteiger charge is 2.27. The first-order chi connectivity index (χ1) is 12.3. The molecule has 6 nitrogen and oxygen atoms in total. The Morgan fingerprint density at radius 2 is 1.96 bits per heavy atom. The van der Waals surface area contributed by atoms with Crippen molar-refractivity contribution in [2.45, 2.75) is 32.0 Å². The SMILES string of the molecule is O=C(NC[C@H]1CN(Cc2ccccc2)Cc2ccnn21)N1CCCC1. The van der Waals surface area contributed by atoms with Crippen LogP contribution in [0.2, 0.25) is 0 Å². The minimum atomic E-state index is 0.0615. The molecule has 0 saturated carbocycles. The van der Waals surface area contributed by atoms with Gasteiger partial charge in [-0.05, 0) is 24.5 Å². The molecular formula is C19H25N5O. The van der Waals surface area contributed by atoms with Crippen molar-refractivity contribution < 1.29 is 4.79 Å². The third kappa shape index (κ3) is 3.69. The normalized spacial score (nSPS) is 20.5. The van der Waals surface area contributed by atoms with E-state index in [2.05, 4.69) is 50.3 Å². The molecule has 0 radical (unpaired) electrons. The summed E-state index contributed by atoms with van der Waals surface area (Å²) in [6.07, 6.45) is 4.09. The summed E-state index contributed by atoms with van der Waals surface area (Å²) in [4.78, 5) is 16.6. The van der Waals surface area contributed by atoms with Gasteiger partial charge in [0, 0.05) is 45.5 Å². The summed E-state index contributed by atoms with van der Waals surface area (Å²) in [7, 11) is 0. The van der Waals surface area contributed by atoms with Crippen LogP contribution in [0.3, 0.4) is 0 Å². The average Bonchev–Trinajstić information content (AvgIpc) is 3.32. The van der Waals surface area contributed by atoms with Crippen molar-refractivity contribution in [2.75, 3.05) is 26.2 Å². The molecule has 2 aliphatic heterocycles. The minimum Gasteiger partial charge on any atom is -0.336 e. The van der Waals surface area contributed by atoms with Gasteiger partial charge in [0.15, 0.2) is 0 Å². The molecule has 1 fully saturated rings. The Bertz CT molecular complexity index is 708. The number of aromatic nitrogens is 2. The number of hydrogen-bond acceptors (Lipinski definition) is 3. The number of fused-ring (bicyclic) bond motifs is 1. The molecule has 132 valence electrons. The van der Waals surface area contributed by atoms with Crippen molar-refractivity contribution in [3.8, 4) is 0 Å². The Morgan fingerprint density at radius 3 is 2.76 bits per heavy atom. The molecule has 25 heavy (non-hydrogen) atoms. The van der Waals surface area contributed by atoms with E-state index in [-0.39, 0.29) is 12.1 Å². The maximum Gasteiger partial charge on any atom is 0.317 e. The fourth-order valence-corrected chi connectivity index (χ4v) is 3.81. The van der Waals surface area contributed by atoms with E-state index in [1.165, 1.54) is 11.3 Å². The lowest BCUT2D eigenvalue weighted by Gasteiger charge is -2.34. The van der Waals surface area contributed by atoms with Crippen molar-refractivity contribution >= 4 is 6.03 Å². The monoisotopic (exact) mass is 339 g/mol. The number of hydrogen-bond donors (Lipinski definition) is 1. The largest absolute Gasteiger partial charge is 0.336 e.